The average molecular weight is 281 g/mol. The number of aromatic nitrogens is 2. The average Bonchev–Trinajstić information content (AvgIpc) is 2.89. The first kappa shape index (κ1) is 15.0. The maximum atomic E-state index is 12.6. The van der Waals surface area contributed by atoms with Crippen LogP contribution in [0.25, 0.3) is 0 Å². The molecular formula is C14H23N3O3. The van der Waals surface area contributed by atoms with Gasteiger partial charge >= 0.3 is 0 Å². The van der Waals surface area contributed by atoms with E-state index in [0.29, 0.717) is 18.5 Å². The van der Waals surface area contributed by atoms with Crippen LogP contribution in [0.3, 0.4) is 0 Å². The van der Waals surface area contributed by atoms with Crippen molar-refractivity contribution < 1.29 is 15.0 Å². The highest BCUT2D eigenvalue weighted by atomic mass is 16.3. The summed E-state index contributed by atoms with van der Waals surface area (Å²) in [4.78, 5) is 14.1. The topological polar surface area (TPSA) is 78.6 Å². The Morgan fingerprint density at radius 1 is 1.45 bits per heavy atom. The van der Waals surface area contributed by atoms with Crippen LogP contribution in [-0.4, -0.2) is 56.1 Å². The van der Waals surface area contributed by atoms with Crippen LogP contribution in [0.2, 0.25) is 0 Å². The number of aliphatic hydroxyl groups is 2. The second-order valence-electron chi connectivity index (χ2n) is 5.73. The van der Waals surface area contributed by atoms with Crippen LogP contribution in [-0.2, 0) is 0 Å². The Kier molecular flexibility index (Phi) is 4.45. The van der Waals surface area contributed by atoms with Crippen molar-refractivity contribution in [3.8, 4) is 0 Å². The molecule has 1 heterocycles. The summed E-state index contributed by atoms with van der Waals surface area (Å²) in [6, 6.07) is 1.44. The molecule has 0 radical (unpaired) electrons. The number of nitrogens with zero attached hydrogens (tertiary/aromatic N) is 3. The number of likely N-dealkylation sites (N-methyl/N-ethyl adjacent to an activating group) is 1. The van der Waals surface area contributed by atoms with E-state index in [1.165, 1.54) is 4.90 Å². The van der Waals surface area contributed by atoms with Gasteiger partial charge in [0.15, 0.2) is 0 Å². The van der Waals surface area contributed by atoms with Crippen LogP contribution >= 0.6 is 0 Å². The Hall–Kier alpha value is -1.40. The SMILES string of the molecule is CC(C)n1nccc1C(=O)N(C)[C@@H]1CCC[C@@H](O)[C@@H]1O. The minimum atomic E-state index is -0.881. The van der Waals surface area contributed by atoms with E-state index >= 15 is 0 Å². The Labute approximate surface area is 119 Å². The zero-order chi connectivity index (χ0) is 14.9. The van der Waals surface area contributed by atoms with E-state index in [9.17, 15) is 15.0 Å². The van der Waals surface area contributed by atoms with Gasteiger partial charge < -0.3 is 15.1 Å². The maximum absolute atomic E-state index is 12.6. The second kappa shape index (κ2) is 5.93. The normalized spacial score (nSPS) is 26.8. The number of carbonyl (C=O) groups is 1. The van der Waals surface area contributed by atoms with Crippen LogP contribution in [0.1, 0.15) is 49.6 Å². The van der Waals surface area contributed by atoms with Gasteiger partial charge in [0, 0.05) is 19.3 Å². The molecule has 1 fully saturated rings. The highest BCUT2D eigenvalue weighted by Gasteiger charge is 2.35. The highest BCUT2D eigenvalue weighted by Crippen LogP contribution is 2.24. The van der Waals surface area contributed by atoms with Crippen LogP contribution in [0.5, 0.6) is 0 Å². The van der Waals surface area contributed by atoms with Gasteiger partial charge in [-0.1, -0.05) is 0 Å². The smallest absolute Gasteiger partial charge is 0.272 e. The van der Waals surface area contributed by atoms with E-state index in [1.54, 1.807) is 24.0 Å². The van der Waals surface area contributed by atoms with Crippen molar-refractivity contribution in [1.29, 1.82) is 0 Å². The molecule has 112 valence electrons. The molecule has 2 N–H and O–H groups in total. The number of rotatable bonds is 3. The van der Waals surface area contributed by atoms with Crippen molar-refractivity contribution in [3.63, 3.8) is 0 Å². The molecule has 0 aromatic carbocycles. The molecule has 2 rings (SSSR count). The third-order valence-corrected chi connectivity index (χ3v) is 3.98. The van der Waals surface area contributed by atoms with E-state index in [2.05, 4.69) is 5.10 Å². The summed E-state index contributed by atoms with van der Waals surface area (Å²) in [6.45, 7) is 3.92. The Bertz CT molecular complexity index is 472. The van der Waals surface area contributed by atoms with E-state index < -0.39 is 12.2 Å². The largest absolute Gasteiger partial charge is 0.390 e. The molecule has 0 bridgehead atoms. The molecule has 0 saturated heterocycles. The van der Waals surface area contributed by atoms with Crippen molar-refractivity contribution in [2.24, 2.45) is 0 Å². The van der Waals surface area contributed by atoms with Gasteiger partial charge in [-0.2, -0.15) is 5.10 Å². The fraction of sp³-hybridized carbons (Fsp3) is 0.714. The molecule has 6 heteroatoms. The van der Waals surface area contributed by atoms with Crippen LogP contribution in [0.15, 0.2) is 12.3 Å². The molecule has 1 aliphatic rings. The Morgan fingerprint density at radius 3 is 2.80 bits per heavy atom. The van der Waals surface area contributed by atoms with Crippen molar-refractivity contribution >= 4 is 5.91 Å². The van der Waals surface area contributed by atoms with Gasteiger partial charge in [-0.15, -0.1) is 0 Å². The minimum absolute atomic E-state index is 0.0965. The number of hydrogen-bond acceptors (Lipinski definition) is 4. The fourth-order valence-corrected chi connectivity index (χ4v) is 2.78. The number of amides is 1. The molecule has 1 aromatic heterocycles. The molecule has 3 atom stereocenters. The summed E-state index contributed by atoms with van der Waals surface area (Å²) in [5.74, 6) is -0.172. The van der Waals surface area contributed by atoms with Crippen molar-refractivity contribution in [2.75, 3.05) is 7.05 Å². The third-order valence-electron chi connectivity index (χ3n) is 3.98. The van der Waals surface area contributed by atoms with E-state index in [-0.39, 0.29) is 18.0 Å². The van der Waals surface area contributed by atoms with Crippen LogP contribution in [0, 0.1) is 0 Å². The van der Waals surface area contributed by atoms with Crippen molar-refractivity contribution in [1.82, 2.24) is 14.7 Å². The molecule has 20 heavy (non-hydrogen) atoms. The van der Waals surface area contributed by atoms with Gasteiger partial charge in [-0.3, -0.25) is 9.48 Å². The molecule has 0 aliphatic heterocycles. The highest BCUT2D eigenvalue weighted by molar-refractivity contribution is 5.92. The first-order valence-corrected chi connectivity index (χ1v) is 7.10. The molecule has 6 nitrogen and oxygen atoms in total. The van der Waals surface area contributed by atoms with Crippen molar-refractivity contribution in [3.05, 3.63) is 18.0 Å². The lowest BCUT2D eigenvalue weighted by molar-refractivity contribution is -0.0528. The Balaban J connectivity index is 2.18. The molecule has 0 spiro atoms. The zero-order valence-corrected chi connectivity index (χ0v) is 12.2. The lowest BCUT2D eigenvalue weighted by Crippen LogP contribution is -2.52. The summed E-state index contributed by atoms with van der Waals surface area (Å²) in [5.41, 5.74) is 0.509. The first-order chi connectivity index (χ1) is 9.43. The van der Waals surface area contributed by atoms with Gasteiger partial charge in [0.05, 0.1) is 12.1 Å². The van der Waals surface area contributed by atoms with Gasteiger partial charge in [0.2, 0.25) is 0 Å². The summed E-state index contributed by atoms with van der Waals surface area (Å²) in [6.07, 6.45) is 2.07. The lowest BCUT2D eigenvalue weighted by atomic mass is 9.89. The van der Waals surface area contributed by atoms with Gasteiger partial charge in [-0.05, 0) is 39.2 Å². The summed E-state index contributed by atoms with van der Waals surface area (Å²) < 4.78 is 1.67. The van der Waals surface area contributed by atoms with Gasteiger partial charge in [0.1, 0.15) is 11.8 Å². The number of carbonyl (C=O) groups excluding carboxylic acids is 1. The number of hydrogen-bond donors (Lipinski definition) is 2. The quantitative estimate of drug-likeness (QED) is 0.859. The van der Waals surface area contributed by atoms with Gasteiger partial charge in [0.25, 0.3) is 5.91 Å². The summed E-state index contributed by atoms with van der Waals surface area (Å²) in [7, 11) is 1.67. The minimum Gasteiger partial charge on any atom is -0.390 e. The first-order valence-electron chi connectivity index (χ1n) is 7.10. The summed E-state index contributed by atoms with van der Waals surface area (Å²) in [5, 5.41) is 24.0. The fourth-order valence-electron chi connectivity index (χ4n) is 2.78. The van der Waals surface area contributed by atoms with Crippen LogP contribution in [0.4, 0.5) is 0 Å². The summed E-state index contributed by atoms with van der Waals surface area (Å²) >= 11 is 0. The molecule has 1 aromatic rings. The van der Waals surface area contributed by atoms with E-state index in [4.69, 9.17) is 0 Å². The standard InChI is InChI=1S/C14H23N3O3/c1-9(2)17-11(7-8-15-17)14(20)16(3)10-5-4-6-12(18)13(10)19/h7-10,12-13,18-19H,4-6H2,1-3H3/t10-,12-,13-/m1/s1. The van der Waals surface area contributed by atoms with Gasteiger partial charge in [-0.25, -0.2) is 0 Å². The van der Waals surface area contributed by atoms with E-state index in [0.717, 1.165) is 6.42 Å². The monoisotopic (exact) mass is 281 g/mol. The maximum Gasteiger partial charge on any atom is 0.272 e. The van der Waals surface area contributed by atoms with Crippen molar-refractivity contribution in [2.45, 2.75) is 57.4 Å². The Morgan fingerprint density at radius 2 is 2.15 bits per heavy atom. The predicted octanol–water partition coefficient (Wildman–Crippen LogP) is 0.810. The predicted molar refractivity (Wildman–Crippen MR) is 74.4 cm³/mol. The molecular weight excluding hydrogens is 258 g/mol. The van der Waals surface area contributed by atoms with Crippen LogP contribution < -0.4 is 0 Å². The third kappa shape index (κ3) is 2.71. The van der Waals surface area contributed by atoms with E-state index in [1.807, 2.05) is 13.8 Å². The number of aliphatic hydroxyl groups excluding tert-OH is 2. The molecule has 1 amide bonds. The molecule has 1 aliphatic carbocycles. The molecule has 0 unspecified atom stereocenters. The lowest BCUT2D eigenvalue weighted by Gasteiger charge is -2.37. The zero-order valence-electron chi connectivity index (χ0n) is 12.2. The second-order valence-corrected chi connectivity index (χ2v) is 5.73. The molecule has 1 saturated carbocycles.